The van der Waals surface area contributed by atoms with Crippen molar-refractivity contribution in [1.82, 2.24) is 10.6 Å². The second-order valence-electron chi connectivity index (χ2n) is 13.0. The summed E-state index contributed by atoms with van der Waals surface area (Å²) in [6, 6.07) is 24.3. The van der Waals surface area contributed by atoms with Crippen molar-refractivity contribution < 1.29 is 4.79 Å². The molecule has 232 valence electrons. The first-order chi connectivity index (χ1) is 21.2. The van der Waals surface area contributed by atoms with Gasteiger partial charge in [0.25, 0.3) is 5.91 Å². The highest BCUT2D eigenvalue weighted by Crippen LogP contribution is 2.51. The van der Waals surface area contributed by atoms with Crippen molar-refractivity contribution in [3.63, 3.8) is 0 Å². The van der Waals surface area contributed by atoms with Gasteiger partial charge >= 0.3 is 0 Å². The number of anilines is 1. The molecule has 2 saturated carbocycles. The van der Waals surface area contributed by atoms with Gasteiger partial charge in [0.1, 0.15) is 6.54 Å². The zero-order valence-corrected chi connectivity index (χ0v) is 27.2. The van der Waals surface area contributed by atoms with Gasteiger partial charge < -0.3 is 15.5 Å². The third kappa shape index (κ3) is 8.76. The van der Waals surface area contributed by atoms with Gasteiger partial charge in [-0.3, -0.25) is 4.79 Å². The lowest BCUT2D eigenvalue weighted by molar-refractivity contribution is -0.117. The zero-order valence-electron chi connectivity index (χ0n) is 27.2. The van der Waals surface area contributed by atoms with E-state index in [0.717, 1.165) is 28.7 Å². The van der Waals surface area contributed by atoms with Crippen LogP contribution in [0.5, 0.6) is 0 Å². The third-order valence-corrected chi connectivity index (χ3v) is 9.11. The van der Waals surface area contributed by atoms with Crippen LogP contribution in [0.1, 0.15) is 89.3 Å². The number of nitrogens with one attached hydrogen (secondary N) is 2. The molecule has 6 rings (SSSR count). The van der Waals surface area contributed by atoms with Gasteiger partial charge in [-0.15, -0.1) is 0 Å². The van der Waals surface area contributed by atoms with Crippen LogP contribution in [-0.4, -0.2) is 25.0 Å². The van der Waals surface area contributed by atoms with Crippen LogP contribution in [0, 0.1) is 17.2 Å². The lowest BCUT2D eigenvalue weighted by Crippen LogP contribution is -2.31. The van der Waals surface area contributed by atoms with Gasteiger partial charge in [-0.05, 0) is 90.0 Å². The van der Waals surface area contributed by atoms with Crippen LogP contribution in [0.3, 0.4) is 0 Å². The molecular formula is C39H50N4O. The number of carbonyl (C=O) groups excluding carboxylic acids is 1. The number of amides is 1. The van der Waals surface area contributed by atoms with Crippen LogP contribution in [0.25, 0.3) is 16.3 Å². The second kappa shape index (κ2) is 15.1. The van der Waals surface area contributed by atoms with Crippen molar-refractivity contribution in [3.05, 3.63) is 96.2 Å². The number of hydrogen-bond acceptors (Lipinski definition) is 4. The van der Waals surface area contributed by atoms with Crippen molar-refractivity contribution in [3.8, 4) is 6.07 Å². The molecule has 0 aromatic heterocycles. The highest BCUT2D eigenvalue weighted by Gasteiger charge is 2.40. The summed E-state index contributed by atoms with van der Waals surface area (Å²) in [5.74, 6) is 0.717. The number of hydrogen-bond donors (Lipinski definition) is 2. The molecule has 2 aliphatic carbocycles. The van der Waals surface area contributed by atoms with E-state index in [9.17, 15) is 4.79 Å². The molecule has 5 heteroatoms. The molecule has 0 bridgehead atoms. The quantitative estimate of drug-likeness (QED) is 0.193. The summed E-state index contributed by atoms with van der Waals surface area (Å²) in [5.41, 5.74) is 6.78. The smallest absolute Gasteiger partial charge is 0.267 e. The van der Waals surface area contributed by atoms with Crippen molar-refractivity contribution in [2.45, 2.75) is 90.6 Å². The SMILES string of the molecule is C=C(NCc1ccccc1C(=C)C)C(=O)NCC#N.CC1CC1.CCC1CCCN1c1cc(C2(C)CC2)c2ccccc2c1. The van der Waals surface area contributed by atoms with E-state index in [2.05, 4.69) is 85.9 Å². The molecule has 2 N–H and O–H groups in total. The number of carbonyl (C=O) groups is 1. The van der Waals surface area contributed by atoms with E-state index in [1.165, 1.54) is 68.0 Å². The Labute approximate surface area is 265 Å². The van der Waals surface area contributed by atoms with Gasteiger partial charge in [-0.1, -0.05) is 101 Å². The Bertz CT molecular complexity index is 1510. The normalized spacial score (nSPS) is 17.7. The standard InChI is InChI=1S/C20H25N.C15H17N3O.C4H8/c1-3-16-8-6-12-21(16)17-13-15-7-4-5-9-18(15)19(14-17)20(2)10-11-20;1-11(2)14-7-5-4-6-13(14)10-18-12(3)15(19)17-9-8-16;1-4-2-3-4/h4-5,7,9,13-14,16H,3,6,8,10-12H2,1-2H3;4-7,18H,1,3,9-10H2,2H3,(H,17,19);4H,2-3H2,1H3. The maximum atomic E-state index is 11.5. The fourth-order valence-corrected chi connectivity index (χ4v) is 5.78. The summed E-state index contributed by atoms with van der Waals surface area (Å²) >= 11 is 0. The number of nitrogens with zero attached hydrogens (tertiary/aromatic N) is 2. The summed E-state index contributed by atoms with van der Waals surface area (Å²) in [4.78, 5) is 14.2. The van der Waals surface area contributed by atoms with Crippen LogP contribution in [-0.2, 0) is 16.8 Å². The summed E-state index contributed by atoms with van der Waals surface area (Å²) in [6.07, 6.45) is 9.63. The van der Waals surface area contributed by atoms with E-state index in [-0.39, 0.29) is 18.1 Å². The minimum absolute atomic E-state index is 0.0259. The topological polar surface area (TPSA) is 68.2 Å². The summed E-state index contributed by atoms with van der Waals surface area (Å²) in [6.45, 7) is 18.2. The molecule has 1 aliphatic heterocycles. The predicted molar refractivity (Wildman–Crippen MR) is 185 cm³/mol. The lowest BCUT2D eigenvalue weighted by Gasteiger charge is -2.28. The highest BCUT2D eigenvalue weighted by atomic mass is 16.2. The monoisotopic (exact) mass is 590 g/mol. The minimum atomic E-state index is -0.366. The summed E-state index contributed by atoms with van der Waals surface area (Å²) < 4.78 is 0. The molecule has 3 aliphatic rings. The number of rotatable bonds is 9. The van der Waals surface area contributed by atoms with E-state index in [1.54, 1.807) is 5.56 Å². The fourth-order valence-electron chi connectivity index (χ4n) is 5.78. The molecule has 3 aromatic carbocycles. The highest BCUT2D eigenvalue weighted by molar-refractivity contribution is 5.92. The first-order valence-electron chi connectivity index (χ1n) is 16.3. The minimum Gasteiger partial charge on any atom is -0.377 e. The number of allylic oxidation sites excluding steroid dienone is 1. The molecule has 1 saturated heterocycles. The van der Waals surface area contributed by atoms with Crippen molar-refractivity contribution in [2.75, 3.05) is 18.0 Å². The van der Waals surface area contributed by atoms with E-state index >= 15 is 0 Å². The van der Waals surface area contributed by atoms with E-state index in [4.69, 9.17) is 5.26 Å². The molecule has 0 radical (unpaired) electrons. The molecule has 1 unspecified atom stereocenters. The Kier molecular flexibility index (Phi) is 11.3. The number of fused-ring (bicyclic) bond motifs is 1. The predicted octanol–water partition coefficient (Wildman–Crippen LogP) is 8.65. The van der Waals surface area contributed by atoms with Crippen LogP contribution >= 0.6 is 0 Å². The Hall–Kier alpha value is -4.04. The van der Waals surface area contributed by atoms with Gasteiger partial charge in [-0.2, -0.15) is 5.26 Å². The molecule has 1 amide bonds. The van der Waals surface area contributed by atoms with Crippen LogP contribution in [0.4, 0.5) is 5.69 Å². The summed E-state index contributed by atoms with van der Waals surface area (Å²) in [5, 5.41) is 16.6. The first-order valence-corrected chi connectivity index (χ1v) is 16.3. The summed E-state index contributed by atoms with van der Waals surface area (Å²) in [7, 11) is 0. The van der Waals surface area contributed by atoms with Crippen LogP contribution in [0.15, 0.2) is 79.5 Å². The lowest BCUT2D eigenvalue weighted by atomic mass is 9.91. The molecule has 0 spiro atoms. The Morgan fingerprint density at radius 1 is 1.05 bits per heavy atom. The average molecular weight is 591 g/mol. The molecule has 3 aromatic rings. The van der Waals surface area contributed by atoms with Gasteiger partial charge in [0.05, 0.1) is 11.8 Å². The second-order valence-corrected chi connectivity index (χ2v) is 13.0. The molecule has 1 heterocycles. The molecule has 5 nitrogen and oxygen atoms in total. The van der Waals surface area contributed by atoms with Crippen molar-refractivity contribution in [2.24, 2.45) is 5.92 Å². The van der Waals surface area contributed by atoms with E-state index in [0.29, 0.717) is 12.0 Å². The Balaban J connectivity index is 0.000000179. The number of benzene rings is 3. The fraction of sp³-hybridized carbons (Fsp3) is 0.436. The average Bonchev–Trinajstić information content (AvgIpc) is 3.95. The van der Waals surface area contributed by atoms with E-state index in [1.807, 2.05) is 37.3 Å². The maximum absolute atomic E-state index is 11.5. The largest absolute Gasteiger partial charge is 0.377 e. The maximum Gasteiger partial charge on any atom is 0.267 e. The molecule has 3 fully saturated rings. The first kappa shape index (κ1) is 32.9. The van der Waals surface area contributed by atoms with Gasteiger partial charge in [0, 0.05) is 24.8 Å². The Morgan fingerprint density at radius 2 is 1.73 bits per heavy atom. The van der Waals surface area contributed by atoms with Crippen molar-refractivity contribution >= 4 is 27.9 Å². The van der Waals surface area contributed by atoms with Gasteiger partial charge in [0.15, 0.2) is 0 Å². The van der Waals surface area contributed by atoms with Crippen LogP contribution in [0.2, 0.25) is 0 Å². The Morgan fingerprint density at radius 3 is 2.36 bits per heavy atom. The number of nitriles is 1. The molecular weight excluding hydrogens is 540 g/mol. The van der Waals surface area contributed by atoms with Gasteiger partial charge in [-0.25, -0.2) is 0 Å². The van der Waals surface area contributed by atoms with Crippen molar-refractivity contribution in [1.29, 1.82) is 5.26 Å². The third-order valence-electron chi connectivity index (χ3n) is 9.11. The molecule has 44 heavy (non-hydrogen) atoms. The van der Waals surface area contributed by atoms with Crippen LogP contribution < -0.4 is 15.5 Å². The van der Waals surface area contributed by atoms with Gasteiger partial charge in [0.2, 0.25) is 0 Å². The molecule has 1 atom stereocenters. The van der Waals surface area contributed by atoms with E-state index < -0.39 is 0 Å². The zero-order chi connectivity index (χ0) is 31.7.